The third kappa shape index (κ3) is 36.3. The minimum absolute atomic E-state index is 0.750. The molecule has 0 fully saturated rings. The lowest BCUT2D eigenvalue weighted by molar-refractivity contribution is 0.502. The summed E-state index contributed by atoms with van der Waals surface area (Å²) in [6, 6.07) is 24.0. The van der Waals surface area contributed by atoms with E-state index in [0.29, 0.717) is 0 Å². The molecule has 4 nitrogen and oxygen atoms in total. The molecule has 2 N–H and O–H groups in total. The third-order valence-electron chi connectivity index (χ3n) is 1.33. The van der Waals surface area contributed by atoms with E-state index in [1.165, 1.54) is 0 Å². The standard InChI is InChI=1S/2C6H6.C2H6.2CHNO/c2*1-2-4-6-5-3-1;1-2;2*2-1-3/h2*1-6H;1-2H3;2*3H. The maximum Gasteiger partial charge on any atom is 0.283 e. The molecule has 0 aliphatic heterocycles. The first-order valence-electron chi connectivity index (χ1n) is 5.89. The summed E-state index contributed by atoms with van der Waals surface area (Å²) in [7, 11) is 0. The first-order valence-corrected chi connectivity index (χ1v) is 5.89. The highest BCUT2D eigenvalue weighted by Crippen LogP contribution is 1.80. The number of rotatable bonds is 0. The number of nitriles is 2. The van der Waals surface area contributed by atoms with Gasteiger partial charge in [-0.15, -0.1) is 0 Å². The molecule has 0 amide bonds. The highest BCUT2D eigenvalue weighted by atomic mass is 16.2. The van der Waals surface area contributed by atoms with Crippen LogP contribution in [-0.2, 0) is 0 Å². The predicted octanol–water partition coefficient (Wildman–Crippen LogP) is 4.08. The van der Waals surface area contributed by atoms with Gasteiger partial charge in [0.1, 0.15) is 0 Å². The average molecular weight is 272 g/mol. The Morgan fingerprint density at radius 1 is 0.500 bits per heavy atom. The Kier molecular flexibility index (Phi) is 33.1. The van der Waals surface area contributed by atoms with Gasteiger partial charge in [-0.1, -0.05) is 86.6 Å². The van der Waals surface area contributed by atoms with Crippen LogP contribution >= 0.6 is 0 Å². The fourth-order valence-corrected chi connectivity index (χ4v) is 0.770. The van der Waals surface area contributed by atoms with Crippen LogP contribution in [0.1, 0.15) is 13.8 Å². The molecule has 2 rings (SSSR count). The van der Waals surface area contributed by atoms with Gasteiger partial charge in [0.15, 0.2) is 0 Å². The first-order chi connectivity index (χ1) is 9.83. The second-order valence-corrected chi connectivity index (χ2v) is 2.51. The molecular formula is C16H20N2O2. The lowest BCUT2D eigenvalue weighted by atomic mass is 10.4. The van der Waals surface area contributed by atoms with E-state index in [0.717, 1.165) is 12.5 Å². The quantitative estimate of drug-likeness (QED) is 0.707. The fourth-order valence-electron chi connectivity index (χ4n) is 0.770. The van der Waals surface area contributed by atoms with Crippen molar-refractivity contribution < 1.29 is 10.2 Å². The van der Waals surface area contributed by atoms with E-state index in [4.69, 9.17) is 20.7 Å². The fraction of sp³-hybridized carbons (Fsp3) is 0.125. The summed E-state index contributed by atoms with van der Waals surface area (Å²) in [5, 5.41) is 27.5. The summed E-state index contributed by atoms with van der Waals surface area (Å²) in [5.74, 6) is 0. The number of benzene rings is 2. The van der Waals surface area contributed by atoms with Gasteiger partial charge in [0.25, 0.3) is 12.5 Å². The Morgan fingerprint density at radius 2 is 0.550 bits per heavy atom. The van der Waals surface area contributed by atoms with Gasteiger partial charge < -0.3 is 10.2 Å². The summed E-state index contributed by atoms with van der Waals surface area (Å²) in [4.78, 5) is 0. The highest BCUT2D eigenvalue weighted by Gasteiger charge is 1.58. The summed E-state index contributed by atoms with van der Waals surface area (Å²) >= 11 is 0. The van der Waals surface area contributed by atoms with Crippen LogP contribution in [0.25, 0.3) is 0 Å². The normalized spacial score (nSPS) is 5.80. The van der Waals surface area contributed by atoms with Crippen LogP contribution in [0.15, 0.2) is 72.8 Å². The van der Waals surface area contributed by atoms with E-state index in [1.54, 1.807) is 0 Å². The molecule has 0 aromatic heterocycles. The van der Waals surface area contributed by atoms with Gasteiger partial charge in [0.2, 0.25) is 0 Å². The van der Waals surface area contributed by atoms with Crippen molar-refractivity contribution in [3.63, 3.8) is 0 Å². The minimum atomic E-state index is 0.750. The van der Waals surface area contributed by atoms with Crippen molar-refractivity contribution in [3.8, 4) is 12.5 Å². The summed E-state index contributed by atoms with van der Waals surface area (Å²) in [5.41, 5.74) is 0. The largest absolute Gasteiger partial charge is 0.443 e. The van der Waals surface area contributed by atoms with Crippen LogP contribution in [0.3, 0.4) is 0 Å². The lowest BCUT2D eigenvalue weighted by Gasteiger charge is -1.69. The number of aliphatic hydroxyl groups excluding tert-OH is 2. The monoisotopic (exact) mass is 272 g/mol. The predicted molar refractivity (Wildman–Crippen MR) is 79.3 cm³/mol. The third-order valence-corrected chi connectivity index (χ3v) is 1.33. The molecule has 20 heavy (non-hydrogen) atoms. The van der Waals surface area contributed by atoms with Gasteiger partial charge in [-0.3, -0.25) is 0 Å². The second-order valence-electron chi connectivity index (χ2n) is 2.51. The van der Waals surface area contributed by atoms with E-state index in [2.05, 4.69) is 0 Å². The van der Waals surface area contributed by atoms with E-state index in [9.17, 15) is 0 Å². The van der Waals surface area contributed by atoms with E-state index in [1.807, 2.05) is 86.6 Å². The molecule has 2 aromatic carbocycles. The van der Waals surface area contributed by atoms with Crippen molar-refractivity contribution in [1.29, 1.82) is 10.5 Å². The van der Waals surface area contributed by atoms with Gasteiger partial charge >= 0.3 is 0 Å². The van der Waals surface area contributed by atoms with Crippen LogP contribution in [0, 0.1) is 23.0 Å². The number of hydrogen-bond donors (Lipinski definition) is 2. The van der Waals surface area contributed by atoms with Crippen LogP contribution in [0.2, 0.25) is 0 Å². The zero-order valence-corrected chi connectivity index (χ0v) is 11.7. The average Bonchev–Trinajstić information content (AvgIpc) is 2.55. The summed E-state index contributed by atoms with van der Waals surface area (Å²) < 4.78 is 0. The SMILES string of the molecule is CC.N#CO.N#CO.c1ccccc1.c1ccccc1. The molecule has 0 spiro atoms. The van der Waals surface area contributed by atoms with E-state index >= 15 is 0 Å². The maximum atomic E-state index is 6.88. The van der Waals surface area contributed by atoms with E-state index in [-0.39, 0.29) is 0 Å². The van der Waals surface area contributed by atoms with Crippen LogP contribution in [0.5, 0.6) is 0 Å². The smallest absolute Gasteiger partial charge is 0.283 e. The Labute approximate surface area is 120 Å². The molecule has 106 valence electrons. The minimum Gasteiger partial charge on any atom is -0.443 e. The Morgan fingerprint density at radius 3 is 0.600 bits per heavy atom. The summed E-state index contributed by atoms with van der Waals surface area (Å²) in [6.07, 6.45) is 1.50. The van der Waals surface area contributed by atoms with Crippen molar-refractivity contribution in [2.45, 2.75) is 13.8 Å². The molecule has 0 bridgehead atoms. The zero-order valence-electron chi connectivity index (χ0n) is 11.7. The van der Waals surface area contributed by atoms with Crippen molar-refractivity contribution >= 4 is 0 Å². The molecule has 0 unspecified atom stereocenters. The number of aliphatic hydroxyl groups is 2. The van der Waals surface area contributed by atoms with Crippen molar-refractivity contribution in [2.24, 2.45) is 0 Å². The summed E-state index contributed by atoms with van der Waals surface area (Å²) in [6.45, 7) is 4.00. The van der Waals surface area contributed by atoms with Crippen molar-refractivity contribution in [1.82, 2.24) is 0 Å². The molecule has 0 radical (unpaired) electrons. The second kappa shape index (κ2) is 29.8. The highest BCUT2D eigenvalue weighted by molar-refractivity contribution is 4.99. The van der Waals surface area contributed by atoms with Crippen LogP contribution in [-0.4, -0.2) is 10.2 Å². The Bertz CT molecular complexity index is 323. The zero-order chi connectivity index (χ0) is 15.9. The molecule has 0 atom stereocenters. The Hall–Kier alpha value is -2.98. The molecule has 4 heteroatoms. The van der Waals surface area contributed by atoms with Crippen LogP contribution in [0.4, 0.5) is 0 Å². The molecular weight excluding hydrogens is 252 g/mol. The van der Waals surface area contributed by atoms with Crippen molar-refractivity contribution in [2.75, 3.05) is 0 Å². The maximum absolute atomic E-state index is 6.88. The van der Waals surface area contributed by atoms with Gasteiger partial charge in [-0.05, 0) is 0 Å². The number of hydrogen-bond acceptors (Lipinski definition) is 4. The number of nitrogens with zero attached hydrogens (tertiary/aromatic N) is 2. The Balaban J connectivity index is -0.000000195. The first kappa shape index (κ1) is 22.2. The van der Waals surface area contributed by atoms with Gasteiger partial charge in [0.05, 0.1) is 0 Å². The van der Waals surface area contributed by atoms with Crippen molar-refractivity contribution in [3.05, 3.63) is 72.8 Å². The molecule has 0 heterocycles. The molecule has 2 aromatic rings. The lowest BCUT2D eigenvalue weighted by Crippen LogP contribution is -1.47. The van der Waals surface area contributed by atoms with Gasteiger partial charge in [-0.25, -0.2) is 0 Å². The van der Waals surface area contributed by atoms with E-state index < -0.39 is 0 Å². The topological polar surface area (TPSA) is 88.0 Å². The molecule has 0 saturated heterocycles. The van der Waals surface area contributed by atoms with Crippen LogP contribution < -0.4 is 0 Å². The van der Waals surface area contributed by atoms with Gasteiger partial charge in [0, 0.05) is 0 Å². The molecule has 0 saturated carbocycles. The molecule has 0 aliphatic carbocycles. The molecule has 0 aliphatic rings. The van der Waals surface area contributed by atoms with Gasteiger partial charge in [-0.2, -0.15) is 10.5 Å².